The molecule has 0 bridgehead atoms. The minimum absolute atomic E-state index is 1.03. The first kappa shape index (κ1) is 12.9. The molecule has 1 aromatic heterocycles. The van der Waals surface area contributed by atoms with E-state index in [4.69, 9.17) is 4.98 Å². The van der Waals surface area contributed by atoms with Crippen molar-refractivity contribution in [3.05, 3.63) is 65.7 Å². The van der Waals surface area contributed by atoms with Crippen molar-refractivity contribution in [3.8, 4) is 11.3 Å². The van der Waals surface area contributed by atoms with Crippen molar-refractivity contribution in [2.45, 2.75) is 26.7 Å². The van der Waals surface area contributed by atoms with Crippen LogP contribution in [-0.2, 0) is 12.8 Å². The fourth-order valence-corrected chi connectivity index (χ4v) is 2.61. The van der Waals surface area contributed by atoms with Crippen molar-refractivity contribution in [1.29, 1.82) is 0 Å². The van der Waals surface area contributed by atoms with E-state index in [1.807, 2.05) is 6.07 Å². The summed E-state index contributed by atoms with van der Waals surface area (Å²) >= 11 is 0. The van der Waals surface area contributed by atoms with Crippen LogP contribution in [0.5, 0.6) is 0 Å². The molecule has 100 valence electrons. The monoisotopic (exact) mass is 261 g/mol. The number of aryl methyl sites for hydroxylation is 2. The summed E-state index contributed by atoms with van der Waals surface area (Å²) in [5.41, 5.74) is 6.11. The Hall–Kier alpha value is -2.15. The second-order valence-corrected chi connectivity index (χ2v) is 5.09. The van der Waals surface area contributed by atoms with Gasteiger partial charge in [0.05, 0.1) is 11.2 Å². The summed E-state index contributed by atoms with van der Waals surface area (Å²) in [6.07, 6.45) is 2.10. The first-order valence-corrected chi connectivity index (χ1v) is 7.29. The van der Waals surface area contributed by atoms with Crippen molar-refractivity contribution >= 4 is 10.9 Å². The molecule has 0 fully saturated rings. The van der Waals surface area contributed by atoms with Gasteiger partial charge in [0.25, 0.3) is 0 Å². The molecular formula is C19H19N. The highest BCUT2D eigenvalue weighted by Gasteiger charge is 2.07. The van der Waals surface area contributed by atoms with Gasteiger partial charge in [-0.05, 0) is 42.2 Å². The lowest BCUT2D eigenvalue weighted by atomic mass is 10.0. The predicted octanol–water partition coefficient (Wildman–Crippen LogP) is 5.03. The third-order valence-electron chi connectivity index (χ3n) is 3.82. The van der Waals surface area contributed by atoms with Crippen molar-refractivity contribution < 1.29 is 0 Å². The van der Waals surface area contributed by atoms with E-state index in [0.717, 1.165) is 24.1 Å². The smallest absolute Gasteiger partial charge is 0.0712 e. The molecule has 0 saturated carbocycles. The molecule has 1 nitrogen and oxygen atoms in total. The number of pyridine rings is 1. The third kappa shape index (κ3) is 2.32. The maximum Gasteiger partial charge on any atom is 0.0712 e. The fourth-order valence-electron chi connectivity index (χ4n) is 2.61. The maximum atomic E-state index is 4.83. The molecule has 0 saturated heterocycles. The normalized spacial score (nSPS) is 10.9. The van der Waals surface area contributed by atoms with Crippen LogP contribution in [0.3, 0.4) is 0 Å². The number of nitrogens with zero attached hydrogens (tertiary/aromatic N) is 1. The summed E-state index contributed by atoms with van der Waals surface area (Å²) in [5.74, 6) is 0. The van der Waals surface area contributed by atoms with Gasteiger partial charge in [0, 0.05) is 10.9 Å². The quantitative estimate of drug-likeness (QED) is 0.644. The molecule has 1 heteroatoms. The molecule has 3 rings (SSSR count). The van der Waals surface area contributed by atoms with Crippen LogP contribution in [0.15, 0.2) is 54.6 Å². The van der Waals surface area contributed by atoms with Gasteiger partial charge < -0.3 is 0 Å². The molecule has 0 unspecified atom stereocenters. The van der Waals surface area contributed by atoms with Crippen molar-refractivity contribution in [3.63, 3.8) is 0 Å². The van der Waals surface area contributed by atoms with Gasteiger partial charge in [-0.15, -0.1) is 0 Å². The average molecular weight is 261 g/mol. The molecule has 2 aromatic carbocycles. The Kier molecular flexibility index (Phi) is 3.51. The molecule has 1 heterocycles. The number of hydrogen-bond donors (Lipinski definition) is 0. The lowest BCUT2D eigenvalue weighted by Gasteiger charge is -2.10. The van der Waals surface area contributed by atoms with E-state index in [2.05, 4.69) is 62.4 Å². The maximum absolute atomic E-state index is 4.83. The summed E-state index contributed by atoms with van der Waals surface area (Å²) in [6, 6.07) is 19.3. The minimum atomic E-state index is 1.03. The molecule has 0 N–H and O–H groups in total. The second-order valence-electron chi connectivity index (χ2n) is 5.09. The molecular weight excluding hydrogens is 242 g/mol. The van der Waals surface area contributed by atoms with Gasteiger partial charge in [0.1, 0.15) is 0 Å². The van der Waals surface area contributed by atoms with Gasteiger partial charge >= 0.3 is 0 Å². The van der Waals surface area contributed by atoms with Crippen LogP contribution in [0.2, 0.25) is 0 Å². The number of rotatable bonds is 3. The van der Waals surface area contributed by atoms with Crippen LogP contribution in [0.4, 0.5) is 0 Å². The molecule has 0 amide bonds. The molecule has 0 aliphatic rings. The fraction of sp³-hybridized carbons (Fsp3) is 0.211. The van der Waals surface area contributed by atoms with Gasteiger partial charge in [-0.2, -0.15) is 0 Å². The second kappa shape index (κ2) is 5.46. The van der Waals surface area contributed by atoms with E-state index < -0.39 is 0 Å². The lowest BCUT2D eigenvalue weighted by Crippen LogP contribution is -1.93. The number of benzene rings is 2. The topological polar surface area (TPSA) is 12.9 Å². The van der Waals surface area contributed by atoms with E-state index >= 15 is 0 Å². The SMILES string of the molecule is CCc1ccc2nc(-c3ccccc3)cc(CC)c2c1. The molecule has 0 radical (unpaired) electrons. The molecule has 3 aromatic rings. The van der Waals surface area contributed by atoms with Crippen LogP contribution in [0, 0.1) is 0 Å². The van der Waals surface area contributed by atoms with E-state index in [-0.39, 0.29) is 0 Å². The summed E-state index contributed by atoms with van der Waals surface area (Å²) in [7, 11) is 0. The van der Waals surface area contributed by atoms with Crippen molar-refractivity contribution in [2.24, 2.45) is 0 Å². The Morgan fingerprint density at radius 3 is 2.35 bits per heavy atom. The van der Waals surface area contributed by atoms with Gasteiger partial charge in [-0.25, -0.2) is 4.98 Å². The highest BCUT2D eigenvalue weighted by Crippen LogP contribution is 2.26. The van der Waals surface area contributed by atoms with E-state index in [1.165, 1.54) is 22.1 Å². The zero-order valence-electron chi connectivity index (χ0n) is 12.1. The van der Waals surface area contributed by atoms with E-state index in [9.17, 15) is 0 Å². The van der Waals surface area contributed by atoms with E-state index in [1.54, 1.807) is 0 Å². The first-order chi connectivity index (χ1) is 9.81. The highest BCUT2D eigenvalue weighted by molar-refractivity contribution is 5.85. The first-order valence-electron chi connectivity index (χ1n) is 7.29. The molecule has 0 aliphatic heterocycles. The zero-order chi connectivity index (χ0) is 13.9. The zero-order valence-corrected chi connectivity index (χ0v) is 12.1. The van der Waals surface area contributed by atoms with Crippen LogP contribution in [-0.4, -0.2) is 4.98 Å². The van der Waals surface area contributed by atoms with Gasteiger partial charge in [-0.3, -0.25) is 0 Å². The number of aromatic nitrogens is 1. The van der Waals surface area contributed by atoms with Gasteiger partial charge in [0.2, 0.25) is 0 Å². The Balaban J connectivity index is 2.22. The Labute approximate surface area is 120 Å². The van der Waals surface area contributed by atoms with Crippen LogP contribution in [0.1, 0.15) is 25.0 Å². The molecule has 0 atom stereocenters. The van der Waals surface area contributed by atoms with Crippen LogP contribution >= 0.6 is 0 Å². The largest absolute Gasteiger partial charge is 0.248 e. The highest BCUT2D eigenvalue weighted by atomic mass is 14.7. The van der Waals surface area contributed by atoms with Crippen molar-refractivity contribution in [1.82, 2.24) is 4.98 Å². The Bertz CT molecular complexity index is 729. The number of hydrogen-bond acceptors (Lipinski definition) is 1. The van der Waals surface area contributed by atoms with Crippen LogP contribution < -0.4 is 0 Å². The Morgan fingerprint density at radius 2 is 1.65 bits per heavy atom. The minimum Gasteiger partial charge on any atom is -0.248 e. The van der Waals surface area contributed by atoms with Gasteiger partial charge in [-0.1, -0.05) is 50.2 Å². The molecule has 0 aliphatic carbocycles. The Morgan fingerprint density at radius 1 is 0.850 bits per heavy atom. The summed E-state index contributed by atoms with van der Waals surface area (Å²) in [5, 5.41) is 1.30. The van der Waals surface area contributed by atoms with Crippen LogP contribution in [0.25, 0.3) is 22.2 Å². The average Bonchev–Trinajstić information content (AvgIpc) is 2.54. The van der Waals surface area contributed by atoms with Crippen molar-refractivity contribution in [2.75, 3.05) is 0 Å². The summed E-state index contributed by atoms with van der Waals surface area (Å²) < 4.78 is 0. The summed E-state index contributed by atoms with van der Waals surface area (Å²) in [4.78, 5) is 4.83. The van der Waals surface area contributed by atoms with Gasteiger partial charge in [0.15, 0.2) is 0 Å². The lowest BCUT2D eigenvalue weighted by molar-refractivity contribution is 1.13. The number of fused-ring (bicyclic) bond motifs is 1. The standard InChI is InChI=1S/C19H19N/c1-3-14-10-11-18-17(12-14)15(4-2)13-19(20-18)16-8-6-5-7-9-16/h5-13H,3-4H2,1-2H3. The molecule has 20 heavy (non-hydrogen) atoms. The third-order valence-corrected chi connectivity index (χ3v) is 3.82. The summed E-state index contributed by atoms with van der Waals surface area (Å²) in [6.45, 7) is 4.40. The predicted molar refractivity (Wildman–Crippen MR) is 85.9 cm³/mol. The molecule has 0 spiro atoms. The van der Waals surface area contributed by atoms with E-state index in [0.29, 0.717) is 0 Å².